The van der Waals surface area contributed by atoms with E-state index in [1.165, 1.54) is 28.1 Å². The highest BCUT2D eigenvalue weighted by Crippen LogP contribution is 2.42. The standard InChI is InChI=1S/C57H81N7O18/c1-12-40-44(33(5)42(60-62-58)53(76-40)72-28-22-16-21-27-64(29-38-23-17-14-18-24-38)57(69)73-30-39-25-19-15-20-26-39)79-56-49(75-37(9)66)35(7)46(50(82-56)52(68)71-11)80-54-43(61-63-59)34(6)45(41(13-2)77-54)78-55-48(74-36(8)65)32(4)31(3)47(81-55)51(67)70-10/h14-15,17-20,23-26,31-35,40-50,53-56H,12-13,16,21-22,27-30H2,1-11H3/t31-,32-,33?,34+,35?,40?,41?,42?,43?,44-,45-,46-,47?,48?,49?,50+,53-,54+,55+,56+/m0/s1. The second-order valence-electron chi connectivity index (χ2n) is 21.3. The van der Waals surface area contributed by atoms with Crippen LogP contribution < -0.4 is 0 Å². The van der Waals surface area contributed by atoms with Gasteiger partial charge in [0.15, 0.2) is 49.6 Å². The van der Waals surface area contributed by atoms with Crippen molar-refractivity contribution in [1.29, 1.82) is 0 Å². The number of ether oxygens (including phenoxy) is 13. The summed E-state index contributed by atoms with van der Waals surface area (Å²) in [5, 5.41) is 8.18. The van der Waals surface area contributed by atoms with E-state index in [0.717, 1.165) is 11.1 Å². The van der Waals surface area contributed by atoms with Crippen molar-refractivity contribution in [3.8, 4) is 0 Å². The largest absolute Gasteiger partial charge is 0.467 e. The van der Waals surface area contributed by atoms with Crippen LogP contribution >= 0.6 is 0 Å². The fraction of sp³-hybridized carbons (Fsp3) is 0.702. The lowest BCUT2D eigenvalue weighted by Gasteiger charge is -2.51. The molecule has 0 aromatic heterocycles. The molecule has 0 bridgehead atoms. The molecule has 6 rings (SSSR count). The molecule has 4 aliphatic rings. The molecule has 0 saturated carbocycles. The van der Waals surface area contributed by atoms with Gasteiger partial charge in [-0.05, 0) is 72.0 Å². The van der Waals surface area contributed by atoms with Crippen LogP contribution in [0.15, 0.2) is 70.9 Å². The number of hydrogen-bond acceptors (Lipinski definition) is 20. The minimum atomic E-state index is -1.54. The predicted molar refractivity (Wildman–Crippen MR) is 290 cm³/mol. The molecular formula is C57H81N7O18. The third kappa shape index (κ3) is 16.6. The summed E-state index contributed by atoms with van der Waals surface area (Å²) in [5.41, 5.74) is 21.6. The van der Waals surface area contributed by atoms with Crippen molar-refractivity contribution in [3.63, 3.8) is 0 Å². The van der Waals surface area contributed by atoms with Crippen molar-refractivity contribution in [2.24, 2.45) is 39.8 Å². The van der Waals surface area contributed by atoms with Crippen LogP contribution in [0.25, 0.3) is 20.9 Å². The van der Waals surface area contributed by atoms with Crippen LogP contribution in [-0.4, -0.2) is 154 Å². The summed E-state index contributed by atoms with van der Waals surface area (Å²) in [6.45, 7) is 16.2. The van der Waals surface area contributed by atoms with Gasteiger partial charge in [-0.2, -0.15) is 0 Å². The summed E-state index contributed by atoms with van der Waals surface area (Å²) in [5.74, 6) is -5.85. The first-order chi connectivity index (χ1) is 39.4. The maximum Gasteiger partial charge on any atom is 0.410 e. The van der Waals surface area contributed by atoms with Gasteiger partial charge in [0.25, 0.3) is 0 Å². The van der Waals surface area contributed by atoms with Crippen LogP contribution in [0.2, 0.25) is 0 Å². The molecule has 1 amide bonds. The van der Waals surface area contributed by atoms with E-state index in [1.807, 2.05) is 88.4 Å². The maximum atomic E-state index is 13.9. The van der Waals surface area contributed by atoms with Gasteiger partial charge in [-0.25, -0.2) is 14.4 Å². The molecule has 4 heterocycles. The number of methoxy groups -OCH3 is 2. The van der Waals surface area contributed by atoms with Gasteiger partial charge in [0, 0.05) is 55.2 Å². The van der Waals surface area contributed by atoms with Crippen LogP contribution in [0.4, 0.5) is 4.79 Å². The summed E-state index contributed by atoms with van der Waals surface area (Å²) in [6, 6.07) is 17.1. The van der Waals surface area contributed by atoms with Crippen LogP contribution in [0.3, 0.4) is 0 Å². The fourth-order valence-electron chi connectivity index (χ4n) is 11.1. The summed E-state index contributed by atoms with van der Waals surface area (Å²) in [7, 11) is 2.41. The number of benzene rings is 2. The molecule has 25 nitrogen and oxygen atoms in total. The van der Waals surface area contributed by atoms with Gasteiger partial charge in [0.1, 0.15) is 12.7 Å². The number of carbonyl (C=O) groups is 5. The molecule has 0 radical (unpaired) electrons. The number of azide groups is 2. The highest BCUT2D eigenvalue weighted by Gasteiger charge is 2.57. The highest BCUT2D eigenvalue weighted by molar-refractivity contribution is 5.76. The van der Waals surface area contributed by atoms with Crippen molar-refractivity contribution in [3.05, 3.63) is 92.7 Å². The van der Waals surface area contributed by atoms with Crippen molar-refractivity contribution in [2.75, 3.05) is 27.4 Å². The van der Waals surface area contributed by atoms with E-state index in [1.54, 1.807) is 25.7 Å². The van der Waals surface area contributed by atoms with Gasteiger partial charge >= 0.3 is 30.0 Å². The molecule has 0 aliphatic carbocycles. The SMILES string of the molecule is CCC1O[C@H](OCCCCCN(Cc2ccccc2)C(=O)OCc2ccccc2)C(N=[N+]=[N-])C(C)[C@@H]1O[C@@H]1O[C@@H](C(=O)OC)[C@@H](O[C@H]2OC(CC)[C@@H](O[C@@H]3OC(C(=O)OC)[C@@H](C)[C@H](C)C3OC(C)=O)[C@H](C)C2N=[N+]=[N-])C(C)C1OC(C)=O. The lowest BCUT2D eigenvalue weighted by Crippen LogP contribution is -2.64. The molecule has 2 aromatic carbocycles. The minimum absolute atomic E-state index is 0.152. The Balaban J connectivity index is 1.14. The molecule has 82 heavy (non-hydrogen) atoms. The molecule has 0 spiro atoms. The second kappa shape index (κ2) is 31.5. The zero-order chi connectivity index (χ0) is 59.6. The average Bonchev–Trinajstić information content (AvgIpc) is 2.70. The average molecular weight is 1150 g/mol. The number of unbranched alkanes of at least 4 members (excludes halogenated alkanes) is 2. The smallest absolute Gasteiger partial charge is 0.410 e. The van der Waals surface area contributed by atoms with Crippen molar-refractivity contribution in [1.82, 2.24) is 4.90 Å². The van der Waals surface area contributed by atoms with Crippen LogP contribution in [0.5, 0.6) is 0 Å². The number of hydrogen-bond donors (Lipinski definition) is 0. The zero-order valence-corrected chi connectivity index (χ0v) is 48.7. The minimum Gasteiger partial charge on any atom is -0.467 e. The van der Waals surface area contributed by atoms with E-state index < -0.39 is 152 Å². The third-order valence-corrected chi connectivity index (χ3v) is 15.8. The summed E-state index contributed by atoms with van der Waals surface area (Å²) >= 11 is 0. The molecule has 9 unspecified atom stereocenters. The Morgan fingerprint density at radius 1 is 0.561 bits per heavy atom. The molecular weight excluding hydrogens is 1070 g/mol. The Morgan fingerprint density at radius 3 is 1.57 bits per heavy atom. The Hall–Kier alpha value is -6.11. The van der Waals surface area contributed by atoms with E-state index in [2.05, 4.69) is 20.1 Å². The second-order valence-corrected chi connectivity index (χ2v) is 21.3. The molecule has 4 saturated heterocycles. The monoisotopic (exact) mass is 1150 g/mol. The number of rotatable bonds is 25. The highest BCUT2D eigenvalue weighted by atomic mass is 16.8. The topological polar surface area (TPSA) is 306 Å². The lowest BCUT2D eigenvalue weighted by molar-refractivity contribution is -0.356. The first-order valence-electron chi connectivity index (χ1n) is 28.2. The molecule has 25 heteroatoms. The molecule has 4 fully saturated rings. The predicted octanol–water partition coefficient (Wildman–Crippen LogP) is 8.64. The molecule has 0 N–H and O–H groups in total. The quantitative estimate of drug-likeness (QED) is 0.0224. The van der Waals surface area contributed by atoms with E-state index in [9.17, 15) is 35.0 Å². The van der Waals surface area contributed by atoms with E-state index in [4.69, 9.17) is 61.6 Å². The fourth-order valence-corrected chi connectivity index (χ4v) is 11.1. The number of amides is 1. The van der Waals surface area contributed by atoms with Crippen molar-refractivity contribution < 1.29 is 85.6 Å². The number of nitrogens with zero attached hydrogens (tertiary/aromatic N) is 7. The number of esters is 4. The maximum absolute atomic E-state index is 13.9. The zero-order valence-electron chi connectivity index (χ0n) is 48.7. The van der Waals surface area contributed by atoms with Crippen molar-refractivity contribution in [2.45, 2.75) is 200 Å². The summed E-state index contributed by atoms with van der Waals surface area (Å²) < 4.78 is 79.5. The molecule has 2 aromatic rings. The van der Waals surface area contributed by atoms with Gasteiger partial charge in [0.05, 0.1) is 50.7 Å². The first kappa shape index (κ1) is 65.0. The third-order valence-electron chi connectivity index (χ3n) is 15.8. The molecule has 452 valence electrons. The van der Waals surface area contributed by atoms with Gasteiger partial charge < -0.3 is 66.5 Å². The van der Waals surface area contributed by atoms with Gasteiger partial charge in [-0.1, -0.05) is 119 Å². The summed E-state index contributed by atoms with van der Waals surface area (Å²) in [6.07, 6.45) is -12.1. The van der Waals surface area contributed by atoms with Gasteiger partial charge in [0.2, 0.25) is 0 Å². The van der Waals surface area contributed by atoms with Crippen molar-refractivity contribution >= 4 is 30.0 Å². The van der Waals surface area contributed by atoms with Crippen LogP contribution in [-0.2, 0) is 93.9 Å². The van der Waals surface area contributed by atoms with E-state index >= 15 is 0 Å². The Kier molecular flexibility index (Phi) is 25.0. The van der Waals surface area contributed by atoms with Crippen LogP contribution in [0, 0.1) is 29.6 Å². The first-order valence-corrected chi connectivity index (χ1v) is 28.2. The van der Waals surface area contributed by atoms with E-state index in [0.29, 0.717) is 45.2 Å². The number of carbonyl (C=O) groups excluding carboxylic acids is 5. The normalized spacial score (nSPS) is 33.5. The Labute approximate surface area is 478 Å². The summed E-state index contributed by atoms with van der Waals surface area (Å²) in [4.78, 5) is 73.3. The van der Waals surface area contributed by atoms with E-state index in [-0.39, 0.29) is 13.2 Å². The molecule has 20 atom stereocenters. The van der Waals surface area contributed by atoms with Gasteiger partial charge in [-0.3, -0.25) is 9.59 Å². The van der Waals surface area contributed by atoms with Crippen LogP contribution in [0.1, 0.15) is 106 Å². The Morgan fingerprint density at radius 2 is 1.05 bits per heavy atom. The van der Waals surface area contributed by atoms with Gasteiger partial charge in [-0.15, -0.1) is 0 Å². The Bertz CT molecular complexity index is 2490. The lowest BCUT2D eigenvalue weighted by atomic mass is 9.83. The molecule has 4 aliphatic heterocycles.